The van der Waals surface area contributed by atoms with Crippen molar-refractivity contribution >= 4 is 112 Å². The quantitative estimate of drug-likeness (QED) is 0.245. The number of anilines is 1. The van der Waals surface area contributed by atoms with E-state index in [1.165, 1.54) is 0 Å². The number of hydrogen-bond acceptors (Lipinski definition) is 5. The minimum atomic E-state index is -0.551. The summed E-state index contributed by atoms with van der Waals surface area (Å²) in [5.41, 5.74) is 1.95. The fourth-order valence-electron chi connectivity index (χ4n) is 3.27. The normalized spacial score (nSPS) is 14.4. The molecule has 0 aliphatic carbocycles. The van der Waals surface area contributed by atoms with E-state index in [1.54, 1.807) is 42.5 Å². The topological polar surface area (TPSA) is 75.7 Å². The number of ether oxygens (including phenoxy) is 1. The van der Waals surface area contributed by atoms with E-state index in [0.29, 0.717) is 40.5 Å². The lowest BCUT2D eigenvalue weighted by atomic mass is 10.2. The van der Waals surface area contributed by atoms with Crippen LogP contribution in [-0.2, 0) is 16.2 Å². The van der Waals surface area contributed by atoms with Gasteiger partial charge in [0.15, 0.2) is 0 Å². The molecule has 1 fully saturated rings. The summed E-state index contributed by atoms with van der Waals surface area (Å²) in [7, 11) is 0. The van der Waals surface area contributed by atoms with Gasteiger partial charge in [-0.1, -0.05) is 41.4 Å². The lowest BCUT2D eigenvalue weighted by Crippen LogP contribution is -2.36. The highest BCUT2D eigenvalue weighted by molar-refractivity contribution is 9.11. The number of carbonyl (C=O) groups is 3. The smallest absolute Gasteiger partial charge is 0.294 e. The number of nitrogens with one attached hydrogen (secondary N) is 1. The lowest BCUT2D eigenvalue weighted by molar-refractivity contribution is -0.127. The van der Waals surface area contributed by atoms with Crippen LogP contribution in [0.4, 0.5) is 10.5 Å². The molecule has 0 radical (unpaired) electrons. The molecule has 4 rings (SSSR count). The van der Waals surface area contributed by atoms with Gasteiger partial charge in [0.1, 0.15) is 18.9 Å². The molecule has 6 nitrogen and oxygen atoms in total. The van der Waals surface area contributed by atoms with Crippen molar-refractivity contribution in [2.75, 3.05) is 11.9 Å². The summed E-state index contributed by atoms with van der Waals surface area (Å²) >= 11 is 23.3. The van der Waals surface area contributed by atoms with Crippen LogP contribution >= 0.6 is 82.8 Å². The van der Waals surface area contributed by atoms with Crippen LogP contribution in [0.5, 0.6) is 5.75 Å². The number of carbonyl (C=O) groups excluding carboxylic acids is 3. The van der Waals surface area contributed by atoms with Crippen LogP contribution in [0.15, 0.2) is 72.9 Å². The Morgan fingerprint density at radius 2 is 1.68 bits per heavy atom. The van der Waals surface area contributed by atoms with Crippen molar-refractivity contribution < 1.29 is 19.1 Å². The third-order valence-corrected chi connectivity index (χ3v) is 8.71. The van der Waals surface area contributed by atoms with Gasteiger partial charge in [-0.2, -0.15) is 0 Å². The van der Waals surface area contributed by atoms with E-state index in [-0.39, 0.29) is 11.5 Å². The summed E-state index contributed by atoms with van der Waals surface area (Å²) in [6.07, 6.45) is 1.59. The van der Waals surface area contributed by atoms with Gasteiger partial charge in [-0.25, -0.2) is 0 Å². The molecule has 0 spiro atoms. The first-order valence-electron chi connectivity index (χ1n) is 10.5. The highest BCUT2D eigenvalue weighted by Crippen LogP contribution is 2.38. The Morgan fingerprint density at radius 3 is 2.35 bits per heavy atom. The molecule has 1 aliphatic heterocycles. The molecule has 3 aromatic rings. The molecule has 1 N–H and O–H groups in total. The van der Waals surface area contributed by atoms with Gasteiger partial charge >= 0.3 is 0 Å². The minimum absolute atomic E-state index is 0.202. The molecule has 1 heterocycles. The van der Waals surface area contributed by atoms with Crippen molar-refractivity contribution in [3.05, 3.63) is 94.1 Å². The first-order valence-corrected chi connectivity index (χ1v) is 14.4. The maximum Gasteiger partial charge on any atom is 0.294 e. The molecule has 1 aliphatic rings. The van der Waals surface area contributed by atoms with Crippen LogP contribution in [0.25, 0.3) is 6.08 Å². The van der Waals surface area contributed by atoms with E-state index in [1.807, 2.05) is 18.2 Å². The molecule has 0 unspecified atom stereocenters. The third kappa shape index (κ3) is 6.99. The largest absolute Gasteiger partial charge is 0.486 e. The van der Waals surface area contributed by atoms with Crippen LogP contribution in [0.1, 0.15) is 11.1 Å². The summed E-state index contributed by atoms with van der Waals surface area (Å²) in [5.74, 6) is -0.507. The van der Waals surface area contributed by atoms with Gasteiger partial charge in [0.2, 0.25) is 5.91 Å². The summed E-state index contributed by atoms with van der Waals surface area (Å²) in [4.78, 5) is 38.9. The van der Waals surface area contributed by atoms with Crippen LogP contribution in [0.2, 0.25) is 10.0 Å². The van der Waals surface area contributed by atoms with E-state index >= 15 is 0 Å². The Hall–Kier alpha value is -1.82. The lowest BCUT2D eigenvalue weighted by Gasteiger charge is -2.13. The molecule has 190 valence electrons. The molecule has 12 heteroatoms. The fraction of sp³-hybridized carbons (Fsp3) is 0.0800. The monoisotopic (exact) mass is 746 g/mol. The van der Waals surface area contributed by atoms with E-state index in [9.17, 15) is 14.4 Å². The predicted octanol–water partition coefficient (Wildman–Crippen LogP) is 8.53. The SMILES string of the molecule is O=C(CN1C(=O)S/C(=C/c2cc(Br)c(OCc3ccccc3Cl)c(Br)c2)C1=O)Nc1ccc(Br)c(Cl)c1. The molecule has 1 saturated heterocycles. The molecule has 3 amide bonds. The van der Waals surface area contributed by atoms with Crippen LogP contribution < -0.4 is 10.1 Å². The van der Waals surface area contributed by atoms with Crippen molar-refractivity contribution in [3.8, 4) is 5.75 Å². The van der Waals surface area contributed by atoms with Gasteiger partial charge < -0.3 is 10.1 Å². The van der Waals surface area contributed by atoms with E-state index in [0.717, 1.165) is 22.2 Å². The summed E-state index contributed by atoms with van der Waals surface area (Å²) in [6, 6.07) is 15.8. The summed E-state index contributed by atoms with van der Waals surface area (Å²) < 4.78 is 7.91. The Labute approximate surface area is 252 Å². The number of thioether (sulfide) groups is 1. The first-order chi connectivity index (χ1) is 17.6. The Balaban J connectivity index is 1.44. The zero-order chi connectivity index (χ0) is 26.7. The number of hydrogen-bond donors (Lipinski definition) is 1. The Kier molecular flexibility index (Phi) is 9.42. The molecule has 0 atom stereocenters. The molecular weight excluding hydrogens is 735 g/mol. The van der Waals surface area contributed by atoms with Gasteiger partial charge in [0, 0.05) is 20.7 Å². The van der Waals surface area contributed by atoms with Gasteiger partial charge in [-0.05, 0) is 108 Å². The number of nitrogens with zero attached hydrogens (tertiary/aromatic N) is 1. The number of halogens is 5. The Bertz CT molecular complexity index is 1430. The van der Waals surface area contributed by atoms with Crippen molar-refractivity contribution in [2.24, 2.45) is 0 Å². The zero-order valence-electron chi connectivity index (χ0n) is 18.6. The van der Waals surface area contributed by atoms with Crippen molar-refractivity contribution in [1.29, 1.82) is 0 Å². The second-order valence-electron chi connectivity index (χ2n) is 7.64. The van der Waals surface area contributed by atoms with Gasteiger partial charge in [-0.15, -0.1) is 0 Å². The van der Waals surface area contributed by atoms with Crippen LogP contribution in [0.3, 0.4) is 0 Å². The van der Waals surface area contributed by atoms with Crippen LogP contribution in [0, 0.1) is 0 Å². The van der Waals surface area contributed by atoms with Crippen molar-refractivity contribution in [2.45, 2.75) is 6.61 Å². The van der Waals surface area contributed by atoms with E-state index < -0.39 is 23.6 Å². The Morgan fingerprint density at radius 1 is 0.973 bits per heavy atom. The fourth-order valence-corrected chi connectivity index (χ4v) is 6.18. The third-order valence-electron chi connectivity index (χ3n) is 5.03. The second-order valence-corrected chi connectivity index (χ2v) is 12.0. The average molecular weight is 750 g/mol. The highest BCUT2D eigenvalue weighted by Gasteiger charge is 2.36. The number of benzene rings is 3. The maximum atomic E-state index is 12.9. The van der Waals surface area contributed by atoms with Gasteiger partial charge in [0.05, 0.1) is 18.9 Å². The summed E-state index contributed by atoms with van der Waals surface area (Å²) in [5, 5.41) is 3.14. The average Bonchev–Trinajstić information content (AvgIpc) is 3.09. The highest BCUT2D eigenvalue weighted by atomic mass is 79.9. The minimum Gasteiger partial charge on any atom is -0.486 e. The zero-order valence-corrected chi connectivity index (χ0v) is 25.7. The first kappa shape index (κ1) is 28.2. The van der Waals surface area contributed by atoms with Gasteiger partial charge in [-0.3, -0.25) is 19.3 Å². The van der Waals surface area contributed by atoms with Crippen molar-refractivity contribution in [3.63, 3.8) is 0 Å². The van der Waals surface area contributed by atoms with Crippen molar-refractivity contribution in [1.82, 2.24) is 4.90 Å². The standard InChI is InChI=1S/C25H15Br3Cl2N2O4S/c26-16-6-5-15(10-20(16)30)31-22(33)11-32-24(34)21(37-25(32)35)9-13-7-17(27)23(18(28)8-13)36-12-14-3-1-2-4-19(14)29/h1-10H,11-12H2,(H,31,33)/b21-9+. The van der Waals surface area contributed by atoms with Gasteiger partial charge in [0.25, 0.3) is 11.1 Å². The number of rotatable bonds is 7. The number of amides is 3. The molecule has 0 bridgehead atoms. The second kappa shape index (κ2) is 12.4. The maximum absolute atomic E-state index is 12.9. The molecule has 3 aromatic carbocycles. The molecule has 0 saturated carbocycles. The number of imide groups is 1. The molecular formula is C25H15Br3Cl2N2O4S. The predicted molar refractivity (Wildman–Crippen MR) is 158 cm³/mol. The summed E-state index contributed by atoms with van der Waals surface area (Å²) in [6.45, 7) is -0.151. The van der Waals surface area contributed by atoms with E-state index in [2.05, 4.69) is 53.1 Å². The molecule has 0 aromatic heterocycles. The van der Waals surface area contributed by atoms with Crippen LogP contribution in [-0.4, -0.2) is 28.5 Å². The van der Waals surface area contributed by atoms with E-state index in [4.69, 9.17) is 27.9 Å². The molecule has 37 heavy (non-hydrogen) atoms.